The molecule has 1 atom stereocenters. The Morgan fingerprint density at radius 1 is 1.21 bits per heavy atom. The number of unbranched alkanes of at least 4 members (excludes halogenated alkanes) is 1. The Hall–Kier alpha value is -0.550. The molecule has 1 aromatic rings. The zero-order chi connectivity index (χ0) is 14.3. The van der Waals surface area contributed by atoms with Gasteiger partial charge < -0.3 is 4.74 Å². The molecule has 0 aliphatic rings. The first-order valence-electron chi connectivity index (χ1n) is 6.30. The standard InChI is InChI=1S/C14H18BrF3O/c1-2-3-4-11-5-7-12(8-6-11)13(15)9-19-10-14(16,17)18/h5-8,13H,2-4,9-10H2,1H3. The predicted octanol–water partition coefficient (Wildman–Crippen LogP) is 5.04. The molecule has 0 bridgehead atoms. The lowest BCUT2D eigenvalue weighted by Crippen LogP contribution is -2.18. The van der Waals surface area contributed by atoms with Crippen LogP contribution in [0, 0.1) is 0 Å². The molecule has 19 heavy (non-hydrogen) atoms. The largest absolute Gasteiger partial charge is 0.411 e. The van der Waals surface area contributed by atoms with Gasteiger partial charge in [-0.3, -0.25) is 0 Å². The minimum atomic E-state index is -4.27. The minimum Gasteiger partial charge on any atom is -0.371 e. The van der Waals surface area contributed by atoms with E-state index in [-0.39, 0.29) is 11.4 Å². The van der Waals surface area contributed by atoms with Crippen LogP contribution in [0.3, 0.4) is 0 Å². The van der Waals surface area contributed by atoms with Gasteiger partial charge in [-0.25, -0.2) is 0 Å². The van der Waals surface area contributed by atoms with Gasteiger partial charge in [-0.2, -0.15) is 13.2 Å². The van der Waals surface area contributed by atoms with E-state index < -0.39 is 12.8 Å². The van der Waals surface area contributed by atoms with Gasteiger partial charge >= 0.3 is 6.18 Å². The van der Waals surface area contributed by atoms with Gasteiger partial charge in [0.2, 0.25) is 0 Å². The summed E-state index contributed by atoms with van der Waals surface area (Å²) in [7, 11) is 0. The third-order valence-electron chi connectivity index (χ3n) is 2.69. The summed E-state index contributed by atoms with van der Waals surface area (Å²) in [5.74, 6) is 0. The third kappa shape index (κ3) is 6.97. The van der Waals surface area contributed by atoms with Crippen molar-refractivity contribution >= 4 is 15.9 Å². The van der Waals surface area contributed by atoms with E-state index in [9.17, 15) is 13.2 Å². The lowest BCUT2D eigenvalue weighted by molar-refractivity contribution is -0.173. The molecule has 0 N–H and O–H groups in total. The molecule has 1 rings (SSSR count). The van der Waals surface area contributed by atoms with Gasteiger partial charge in [0.05, 0.1) is 11.4 Å². The second kappa shape index (κ2) is 7.90. The Bertz CT molecular complexity index is 362. The van der Waals surface area contributed by atoms with Crippen molar-refractivity contribution in [1.29, 1.82) is 0 Å². The maximum absolute atomic E-state index is 11.9. The Morgan fingerprint density at radius 3 is 2.37 bits per heavy atom. The molecule has 108 valence electrons. The van der Waals surface area contributed by atoms with Gasteiger partial charge in [-0.05, 0) is 24.0 Å². The molecule has 0 fully saturated rings. The SMILES string of the molecule is CCCCc1ccc(C(Br)COCC(F)(F)F)cc1. The molecule has 1 aromatic carbocycles. The van der Waals surface area contributed by atoms with Crippen molar-refractivity contribution in [2.24, 2.45) is 0 Å². The molecular formula is C14H18BrF3O. The fraction of sp³-hybridized carbons (Fsp3) is 0.571. The number of aryl methyl sites for hydroxylation is 1. The van der Waals surface area contributed by atoms with Crippen LogP contribution in [0.15, 0.2) is 24.3 Å². The van der Waals surface area contributed by atoms with Gasteiger partial charge in [0.25, 0.3) is 0 Å². The van der Waals surface area contributed by atoms with Gasteiger partial charge in [-0.1, -0.05) is 53.5 Å². The highest BCUT2D eigenvalue weighted by molar-refractivity contribution is 9.09. The van der Waals surface area contributed by atoms with Crippen molar-refractivity contribution in [2.75, 3.05) is 13.2 Å². The van der Waals surface area contributed by atoms with E-state index >= 15 is 0 Å². The van der Waals surface area contributed by atoms with Crippen LogP contribution >= 0.6 is 15.9 Å². The average Bonchev–Trinajstić information content (AvgIpc) is 2.35. The Morgan fingerprint density at radius 2 is 1.84 bits per heavy atom. The van der Waals surface area contributed by atoms with Crippen LogP contribution in [0.4, 0.5) is 13.2 Å². The van der Waals surface area contributed by atoms with E-state index in [1.165, 1.54) is 5.56 Å². The van der Waals surface area contributed by atoms with Crippen molar-refractivity contribution in [1.82, 2.24) is 0 Å². The molecule has 5 heteroatoms. The maximum Gasteiger partial charge on any atom is 0.411 e. The van der Waals surface area contributed by atoms with Crippen molar-refractivity contribution in [3.05, 3.63) is 35.4 Å². The van der Waals surface area contributed by atoms with E-state index in [4.69, 9.17) is 0 Å². The maximum atomic E-state index is 11.9. The van der Waals surface area contributed by atoms with Crippen LogP contribution in [-0.2, 0) is 11.2 Å². The molecule has 0 aromatic heterocycles. The van der Waals surface area contributed by atoms with Crippen molar-refractivity contribution in [3.63, 3.8) is 0 Å². The van der Waals surface area contributed by atoms with E-state index in [1.807, 2.05) is 24.3 Å². The van der Waals surface area contributed by atoms with E-state index in [0.29, 0.717) is 0 Å². The summed E-state index contributed by atoms with van der Waals surface area (Å²) < 4.78 is 40.5. The summed E-state index contributed by atoms with van der Waals surface area (Å²) in [4.78, 5) is -0.213. The predicted molar refractivity (Wildman–Crippen MR) is 73.6 cm³/mol. The quantitative estimate of drug-likeness (QED) is 0.632. The molecule has 0 spiro atoms. The summed E-state index contributed by atoms with van der Waals surface area (Å²) in [6.07, 6.45) is -0.940. The molecule has 0 amide bonds. The highest BCUT2D eigenvalue weighted by Gasteiger charge is 2.27. The number of rotatable bonds is 7. The number of alkyl halides is 4. The topological polar surface area (TPSA) is 9.23 Å². The average molecular weight is 339 g/mol. The second-order valence-corrected chi connectivity index (χ2v) is 5.55. The second-order valence-electron chi connectivity index (χ2n) is 4.44. The van der Waals surface area contributed by atoms with Crippen molar-refractivity contribution in [2.45, 2.75) is 37.2 Å². The molecule has 0 saturated carbocycles. The highest BCUT2D eigenvalue weighted by atomic mass is 79.9. The van der Waals surface area contributed by atoms with E-state index in [1.54, 1.807) is 0 Å². The van der Waals surface area contributed by atoms with Crippen LogP contribution in [0.25, 0.3) is 0 Å². The molecule has 0 aliphatic heterocycles. The zero-order valence-corrected chi connectivity index (χ0v) is 12.4. The summed E-state index contributed by atoms with van der Waals surface area (Å²) in [6, 6.07) is 7.90. The van der Waals surface area contributed by atoms with E-state index in [0.717, 1.165) is 24.8 Å². The number of hydrogen-bond donors (Lipinski definition) is 0. The Balaban J connectivity index is 2.42. The fourth-order valence-electron chi connectivity index (χ4n) is 1.65. The number of hydrogen-bond acceptors (Lipinski definition) is 1. The van der Waals surface area contributed by atoms with Crippen LogP contribution in [-0.4, -0.2) is 19.4 Å². The van der Waals surface area contributed by atoms with Crippen molar-refractivity contribution < 1.29 is 17.9 Å². The fourth-order valence-corrected chi connectivity index (χ4v) is 2.14. The summed E-state index contributed by atoms with van der Waals surface area (Å²) in [5, 5.41) is 0. The van der Waals surface area contributed by atoms with E-state index in [2.05, 4.69) is 27.6 Å². The first kappa shape index (κ1) is 16.5. The lowest BCUT2D eigenvalue weighted by Gasteiger charge is -2.13. The molecule has 1 nitrogen and oxygen atoms in total. The minimum absolute atomic E-state index is 0.00775. The Kier molecular flexibility index (Phi) is 6.86. The van der Waals surface area contributed by atoms with Gasteiger partial charge in [0.15, 0.2) is 0 Å². The number of halogens is 4. The smallest absolute Gasteiger partial charge is 0.371 e. The third-order valence-corrected chi connectivity index (χ3v) is 3.48. The molecule has 0 radical (unpaired) electrons. The molecule has 0 aliphatic carbocycles. The van der Waals surface area contributed by atoms with Crippen molar-refractivity contribution in [3.8, 4) is 0 Å². The van der Waals surface area contributed by atoms with Gasteiger partial charge in [0, 0.05) is 0 Å². The molecule has 0 heterocycles. The van der Waals surface area contributed by atoms with Gasteiger partial charge in [0.1, 0.15) is 6.61 Å². The van der Waals surface area contributed by atoms with Crippen LogP contribution in [0.1, 0.15) is 35.7 Å². The lowest BCUT2D eigenvalue weighted by atomic mass is 10.1. The summed E-state index contributed by atoms with van der Waals surface area (Å²) >= 11 is 3.34. The first-order valence-corrected chi connectivity index (χ1v) is 7.21. The molecule has 1 unspecified atom stereocenters. The number of ether oxygens (including phenoxy) is 1. The zero-order valence-electron chi connectivity index (χ0n) is 10.8. The summed E-state index contributed by atoms with van der Waals surface area (Å²) in [5.41, 5.74) is 2.18. The summed E-state index contributed by atoms with van der Waals surface area (Å²) in [6.45, 7) is 0.943. The Labute approximate surface area is 120 Å². The van der Waals surface area contributed by atoms with Crippen LogP contribution in [0.2, 0.25) is 0 Å². The monoisotopic (exact) mass is 338 g/mol. The normalized spacial score (nSPS) is 13.5. The number of benzene rings is 1. The van der Waals surface area contributed by atoms with Crippen LogP contribution < -0.4 is 0 Å². The van der Waals surface area contributed by atoms with Crippen LogP contribution in [0.5, 0.6) is 0 Å². The van der Waals surface area contributed by atoms with Gasteiger partial charge in [-0.15, -0.1) is 0 Å². The molecular weight excluding hydrogens is 321 g/mol. The molecule has 0 saturated heterocycles. The first-order chi connectivity index (χ1) is 8.92. The highest BCUT2D eigenvalue weighted by Crippen LogP contribution is 2.25.